The lowest BCUT2D eigenvalue weighted by Crippen LogP contribution is -2.47. The lowest BCUT2D eigenvalue weighted by molar-refractivity contribution is -0.118. The van der Waals surface area contributed by atoms with Crippen molar-refractivity contribution in [2.45, 2.75) is 44.0 Å². The molecule has 0 bridgehead atoms. The minimum absolute atomic E-state index is 0.144. The number of hydrogen-bond acceptors (Lipinski definition) is 5. The average molecular weight is 474 g/mol. The Bertz CT molecular complexity index is 1080. The van der Waals surface area contributed by atoms with E-state index in [0.29, 0.717) is 30.1 Å². The second-order valence-corrected chi connectivity index (χ2v) is 10.3. The SMILES string of the molecule is COc1ccc(C(=O)NC(C(=O)Nc2cccc(S(=O)(=O)N3CCCCC3)c2)C(C)C)cc1. The molecule has 0 spiro atoms. The maximum absolute atomic E-state index is 13.0. The van der Waals surface area contributed by atoms with Crippen LogP contribution in [0.15, 0.2) is 53.4 Å². The Labute approximate surface area is 195 Å². The van der Waals surface area contributed by atoms with Gasteiger partial charge in [-0.2, -0.15) is 4.31 Å². The Morgan fingerprint density at radius 1 is 1.00 bits per heavy atom. The number of carbonyl (C=O) groups is 2. The molecule has 1 aliphatic rings. The number of nitrogens with zero attached hydrogens (tertiary/aromatic N) is 1. The van der Waals surface area contributed by atoms with Gasteiger partial charge < -0.3 is 15.4 Å². The summed E-state index contributed by atoms with van der Waals surface area (Å²) in [5.41, 5.74) is 0.770. The van der Waals surface area contributed by atoms with Crippen LogP contribution in [-0.4, -0.2) is 50.8 Å². The first-order chi connectivity index (χ1) is 15.7. The van der Waals surface area contributed by atoms with E-state index in [2.05, 4.69) is 10.6 Å². The molecule has 0 saturated carbocycles. The van der Waals surface area contributed by atoms with E-state index in [0.717, 1.165) is 19.3 Å². The first-order valence-corrected chi connectivity index (χ1v) is 12.5. The first-order valence-electron chi connectivity index (χ1n) is 11.1. The van der Waals surface area contributed by atoms with Crippen LogP contribution in [0, 0.1) is 5.92 Å². The van der Waals surface area contributed by atoms with Crippen LogP contribution >= 0.6 is 0 Å². The highest BCUT2D eigenvalue weighted by atomic mass is 32.2. The van der Waals surface area contributed by atoms with Crippen LogP contribution in [0.5, 0.6) is 5.75 Å². The van der Waals surface area contributed by atoms with Crippen molar-refractivity contribution in [2.24, 2.45) is 5.92 Å². The van der Waals surface area contributed by atoms with Crippen molar-refractivity contribution in [3.05, 3.63) is 54.1 Å². The molecule has 1 saturated heterocycles. The molecule has 3 rings (SSSR count). The van der Waals surface area contributed by atoms with Crippen LogP contribution in [0.25, 0.3) is 0 Å². The molecule has 1 atom stereocenters. The standard InChI is InChI=1S/C24H31N3O5S/c1-17(2)22(26-23(28)18-10-12-20(32-3)13-11-18)24(29)25-19-8-7-9-21(16-19)33(30,31)27-14-5-4-6-15-27/h7-13,16-17,22H,4-6,14-15H2,1-3H3,(H,25,29)(H,26,28). The predicted molar refractivity (Wildman–Crippen MR) is 127 cm³/mol. The van der Waals surface area contributed by atoms with Gasteiger partial charge in [-0.25, -0.2) is 8.42 Å². The number of methoxy groups -OCH3 is 1. The summed E-state index contributed by atoms with van der Waals surface area (Å²) in [7, 11) is -2.07. The van der Waals surface area contributed by atoms with Crippen LogP contribution in [0.1, 0.15) is 43.5 Å². The molecule has 0 radical (unpaired) electrons. The number of ether oxygens (including phenoxy) is 1. The van der Waals surface area contributed by atoms with Gasteiger partial charge in [0.2, 0.25) is 15.9 Å². The average Bonchev–Trinajstić information content (AvgIpc) is 2.82. The van der Waals surface area contributed by atoms with Crippen molar-refractivity contribution in [1.82, 2.24) is 9.62 Å². The summed E-state index contributed by atoms with van der Waals surface area (Å²) < 4.78 is 32.5. The Morgan fingerprint density at radius 2 is 1.67 bits per heavy atom. The Balaban J connectivity index is 1.72. The van der Waals surface area contributed by atoms with Gasteiger partial charge in [-0.1, -0.05) is 26.3 Å². The molecular weight excluding hydrogens is 442 g/mol. The van der Waals surface area contributed by atoms with Crippen molar-refractivity contribution in [1.29, 1.82) is 0 Å². The molecule has 2 N–H and O–H groups in total. The summed E-state index contributed by atoms with van der Waals surface area (Å²) in [6.07, 6.45) is 2.72. The molecular formula is C24H31N3O5S. The summed E-state index contributed by atoms with van der Waals surface area (Å²) in [4.78, 5) is 25.8. The van der Waals surface area contributed by atoms with Gasteiger partial charge in [0, 0.05) is 24.3 Å². The molecule has 0 aliphatic carbocycles. The number of amides is 2. The molecule has 178 valence electrons. The second kappa shape index (κ2) is 10.8. The zero-order valence-electron chi connectivity index (χ0n) is 19.2. The normalized spacial score (nSPS) is 15.6. The Hall–Kier alpha value is -2.91. The summed E-state index contributed by atoms with van der Waals surface area (Å²) >= 11 is 0. The molecule has 33 heavy (non-hydrogen) atoms. The number of rotatable bonds is 8. The van der Waals surface area contributed by atoms with E-state index in [1.54, 1.807) is 43.5 Å². The van der Waals surface area contributed by atoms with Gasteiger partial charge in [-0.15, -0.1) is 0 Å². The molecule has 0 aromatic heterocycles. The molecule has 2 aromatic rings. The molecule has 9 heteroatoms. The zero-order chi connectivity index (χ0) is 24.0. The minimum atomic E-state index is -3.62. The number of carbonyl (C=O) groups excluding carboxylic acids is 2. The van der Waals surface area contributed by atoms with Crippen molar-refractivity contribution >= 4 is 27.5 Å². The maximum Gasteiger partial charge on any atom is 0.251 e. The van der Waals surface area contributed by atoms with E-state index in [1.807, 2.05) is 13.8 Å². The van der Waals surface area contributed by atoms with E-state index in [1.165, 1.54) is 16.4 Å². The lowest BCUT2D eigenvalue weighted by atomic mass is 10.0. The number of benzene rings is 2. The van der Waals surface area contributed by atoms with Crippen LogP contribution in [0.2, 0.25) is 0 Å². The quantitative estimate of drug-likeness (QED) is 0.612. The highest BCUT2D eigenvalue weighted by molar-refractivity contribution is 7.89. The highest BCUT2D eigenvalue weighted by Gasteiger charge is 2.28. The Kier molecular flexibility index (Phi) is 8.10. The number of hydrogen-bond donors (Lipinski definition) is 2. The van der Waals surface area contributed by atoms with Gasteiger partial charge in [0.1, 0.15) is 11.8 Å². The van der Waals surface area contributed by atoms with Crippen molar-refractivity contribution in [3.8, 4) is 5.75 Å². The molecule has 1 aliphatic heterocycles. The topological polar surface area (TPSA) is 105 Å². The zero-order valence-corrected chi connectivity index (χ0v) is 20.0. The van der Waals surface area contributed by atoms with Gasteiger partial charge in [0.25, 0.3) is 5.91 Å². The first kappa shape index (κ1) is 24.7. The highest BCUT2D eigenvalue weighted by Crippen LogP contribution is 2.23. The minimum Gasteiger partial charge on any atom is -0.497 e. The number of sulfonamides is 1. The van der Waals surface area contributed by atoms with Gasteiger partial charge in [-0.05, 0) is 61.2 Å². The Morgan fingerprint density at radius 3 is 2.27 bits per heavy atom. The largest absolute Gasteiger partial charge is 0.497 e. The molecule has 1 heterocycles. The van der Waals surface area contributed by atoms with Crippen molar-refractivity contribution in [2.75, 3.05) is 25.5 Å². The van der Waals surface area contributed by atoms with E-state index in [9.17, 15) is 18.0 Å². The van der Waals surface area contributed by atoms with Crippen LogP contribution in [0.3, 0.4) is 0 Å². The number of nitrogens with one attached hydrogen (secondary N) is 2. The van der Waals surface area contributed by atoms with Crippen molar-refractivity contribution < 1.29 is 22.7 Å². The molecule has 1 unspecified atom stereocenters. The van der Waals surface area contributed by atoms with Crippen LogP contribution < -0.4 is 15.4 Å². The van der Waals surface area contributed by atoms with E-state index in [4.69, 9.17) is 4.74 Å². The third-order valence-corrected chi connectivity index (χ3v) is 7.54. The predicted octanol–water partition coefficient (Wildman–Crippen LogP) is 3.26. The van der Waals surface area contributed by atoms with Gasteiger partial charge in [0.15, 0.2) is 0 Å². The molecule has 1 fully saturated rings. The fraction of sp³-hybridized carbons (Fsp3) is 0.417. The van der Waals surface area contributed by atoms with E-state index >= 15 is 0 Å². The molecule has 2 aromatic carbocycles. The molecule has 2 amide bonds. The summed E-state index contributed by atoms with van der Waals surface area (Å²) in [6, 6.07) is 12.0. The summed E-state index contributed by atoms with van der Waals surface area (Å²) in [5, 5.41) is 5.53. The van der Waals surface area contributed by atoms with Crippen LogP contribution in [0.4, 0.5) is 5.69 Å². The monoisotopic (exact) mass is 473 g/mol. The third kappa shape index (κ3) is 6.11. The second-order valence-electron chi connectivity index (χ2n) is 8.41. The summed E-state index contributed by atoms with van der Waals surface area (Å²) in [5.74, 6) is -0.358. The van der Waals surface area contributed by atoms with Gasteiger partial charge in [0.05, 0.1) is 12.0 Å². The fourth-order valence-corrected chi connectivity index (χ4v) is 5.27. The van der Waals surface area contributed by atoms with Crippen molar-refractivity contribution in [3.63, 3.8) is 0 Å². The third-order valence-electron chi connectivity index (χ3n) is 5.64. The van der Waals surface area contributed by atoms with Gasteiger partial charge in [-0.3, -0.25) is 9.59 Å². The maximum atomic E-state index is 13.0. The molecule has 8 nitrogen and oxygen atoms in total. The van der Waals surface area contributed by atoms with E-state index < -0.39 is 22.0 Å². The lowest BCUT2D eigenvalue weighted by Gasteiger charge is -2.26. The summed E-state index contributed by atoms with van der Waals surface area (Å²) in [6.45, 7) is 4.67. The number of piperidine rings is 1. The number of anilines is 1. The smallest absolute Gasteiger partial charge is 0.251 e. The van der Waals surface area contributed by atoms with Gasteiger partial charge >= 0.3 is 0 Å². The van der Waals surface area contributed by atoms with Crippen LogP contribution in [-0.2, 0) is 14.8 Å². The van der Waals surface area contributed by atoms with E-state index in [-0.39, 0.29) is 16.7 Å². The fourth-order valence-electron chi connectivity index (χ4n) is 3.71.